The van der Waals surface area contributed by atoms with Crippen LogP contribution in [0.2, 0.25) is 0 Å². The number of benzene rings is 1. The molecule has 0 spiro atoms. The van der Waals surface area contributed by atoms with E-state index >= 15 is 0 Å². The first-order chi connectivity index (χ1) is 10.8. The van der Waals surface area contributed by atoms with Crippen molar-refractivity contribution in [1.82, 2.24) is 10.2 Å². The van der Waals surface area contributed by atoms with Crippen LogP contribution in [0.25, 0.3) is 0 Å². The zero-order valence-electron chi connectivity index (χ0n) is 14.7. The van der Waals surface area contributed by atoms with Gasteiger partial charge < -0.3 is 10.2 Å². The number of nitrogens with one attached hydrogen (secondary N) is 1. The predicted octanol–water partition coefficient (Wildman–Crippen LogP) is 2.65. The van der Waals surface area contributed by atoms with E-state index in [0.717, 1.165) is 31.5 Å². The van der Waals surface area contributed by atoms with Crippen LogP contribution in [0.15, 0.2) is 24.3 Å². The number of nitrogens with zero attached hydrogens (tertiary/aromatic N) is 1. The molecule has 1 saturated heterocycles. The van der Waals surface area contributed by atoms with Gasteiger partial charge in [-0.2, -0.15) is 0 Å². The van der Waals surface area contributed by atoms with E-state index in [0.29, 0.717) is 6.42 Å². The Morgan fingerprint density at radius 2 is 1.70 bits per heavy atom. The van der Waals surface area contributed by atoms with Gasteiger partial charge in [0, 0.05) is 26.1 Å². The Kier molecular flexibility index (Phi) is 5.45. The minimum atomic E-state index is 0.0646. The van der Waals surface area contributed by atoms with Gasteiger partial charge >= 0.3 is 0 Å². The summed E-state index contributed by atoms with van der Waals surface area (Å²) in [5, 5.41) is 3.09. The van der Waals surface area contributed by atoms with Crippen molar-refractivity contribution in [2.75, 3.05) is 13.1 Å². The maximum absolute atomic E-state index is 12.2. The first kappa shape index (κ1) is 17.5. The fraction of sp³-hybridized carbons (Fsp3) is 0.579. The number of piperidine rings is 1. The smallest absolute Gasteiger partial charge is 0.224 e. The van der Waals surface area contributed by atoms with E-state index in [9.17, 15) is 9.59 Å². The Morgan fingerprint density at radius 3 is 2.17 bits per heavy atom. The summed E-state index contributed by atoms with van der Waals surface area (Å²) < 4.78 is 0. The molecular weight excluding hydrogens is 288 g/mol. The molecule has 0 aliphatic carbocycles. The lowest BCUT2D eigenvalue weighted by atomic mass is 9.86. The molecule has 1 N–H and O–H groups in total. The van der Waals surface area contributed by atoms with Crippen LogP contribution in [0, 0.1) is 0 Å². The topological polar surface area (TPSA) is 49.4 Å². The summed E-state index contributed by atoms with van der Waals surface area (Å²) in [5.74, 6) is 0.184. The minimum Gasteiger partial charge on any atom is -0.353 e. The van der Waals surface area contributed by atoms with Crippen LogP contribution in [0.1, 0.15) is 51.7 Å². The third kappa shape index (κ3) is 5.08. The van der Waals surface area contributed by atoms with Crippen LogP contribution >= 0.6 is 0 Å². The molecule has 23 heavy (non-hydrogen) atoms. The molecule has 4 heteroatoms. The quantitative estimate of drug-likeness (QED) is 0.932. The van der Waals surface area contributed by atoms with Crippen LogP contribution in [0.4, 0.5) is 0 Å². The predicted molar refractivity (Wildman–Crippen MR) is 92.3 cm³/mol. The number of carbonyl (C=O) groups is 2. The van der Waals surface area contributed by atoms with E-state index in [-0.39, 0.29) is 23.3 Å². The maximum atomic E-state index is 12.2. The Morgan fingerprint density at radius 1 is 1.13 bits per heavy atom. The van der Waals surface area contributed by atoms with E-state index in [2.05, 4.69) is 38.2 Å². The molecule has 0 unspecified atom stereocenters. The number of hydrogen-bond acceptors (Lipinski definition) is 2. The first-order valence-electron chi connectivity index (χ1n) is 8.40. The number of rotatable bonds is 3. The Labute approximate surface area is 139 Å². The SMILES string of the molecule is CC(=O)N1CCC(NC(=O)Cc2ccc(C(C)(C)C)cc2)CC1. The van der Waals surface area contributed by atoms with Gasteiger partial charge in [-0.25, -0.2) is 0 Å². The number of likely N-dealkylation sites (tertiary alicyclic amines) is 1. The number of amides is 2. The molecule has 0 atom stereocenters. The fourth-order valence-corrected chi connectivity index (χ4v) is 2.93. The molecule has 1 aliphatic rings. The second-order valence-electron chi connectivity index (χ2n) is 7.47. The molecule has 1 fully saturated rings. The van der Waals surface area contributed by atoms with Crippen molar-refractivity contribution >= 4 is 11.8 Å². The summed E-state index contributed by atoms with van der Waals surface area (Å²) in [7, 11) is 0. The highest BCUT2D eigenvalue weighted by atomic mass is 16.2. The summed E-state index contributed by atoms with van der Waals surface area (Å²) in [5.41, 5.74) is 2.45. The monoisotopic (exact) mass is 316 g/mol. The summed E-state index contributed by atoms with van der Waals surface area (Å²) >= 11 is 0. The molecule has 0 radical (unpaired) electrons. The van der Waals surface area contributed by atoms with Crippen molar-refractivity contribution in [3.05, 3.63) is 35.4 Å². The average Bonchev–Trinajstić information content (AvgIpc) is 2.47. The second-order valence-corrected chi connectivity index (χ2v) is 7.47. The summed E-state index contributed by atoms with van der Waals surface area (Å²) in [6, 6.07) is 8.48. The highest BCUT2D eigenvalue weighted by molar-refractivity contribution is 5.79. The Bertz CT molecular complexity index is 550. The van der Waals surface area contributed by atoms with Gasteiger partial charge in [0.25, 0.3) is 0 Å². The van der Waals surface area contributed by atoms with E-state index in [1.54, 1.807) is 6.92 Å². The Hall–Kier alpha value is -1.84. The largest absolute Gasteiger partial charge is 0.353 e. The van der Waals surface area contributed by atoms with Crippen LogP contribution in [-0.4, -0.2) is 35.8 Å². The molecule has 1 aromatic rings. The van der Waals surface area contributed by atoms with Crippen molar-refractivity contribution in [2.24, 2.45) is 0 Å². The molecule has 4 nitrogen and oxygen atoms in total. The number of hydrogen-bond donors (Lipinski definition) is 1. The van der Waals surface area contributed by atoms with E-state index in [4.69, 9.17) is 0 Å². The standard InChI is InChI=1S/C19H28N2O2/c1-14(22)21-11-9-17(10-12-21)20-18(23)13-15-5-7-16(8-6-15)19(2,3)4/h5-8,17H,9-13H2,1-4H3,(H,20,23). The molecule has 2 rings (SSSR count). The van der Waals surface area contributed by atoms with Gasteiger partial charge in [0.2, 0.25) is 11.8 Å². The third-order valence-electron chi connectivity index (χ3n) is 4.49. The lowest BCUT2D eigenvalue weighted by Crippen LogP contribution is -2.46. The third-order valence-corrected chi connectivity index (χ3v) is 4.49. The van der Waals surface area contributed by atoms with Crippen molar-refractivity contribution < 1.29 is 9.59 Å². The van der Waals surface area contributed by atoms with Gasteiger partial charge in [-0.15, -0.1) is 0 Å². The molecule has 0 aromatic heterocycles. The molecule has 1 aliphatic heterocycles. The van der Waals surface area contributed by atoms with Gasteiger partial charge in [-0.1, -0.05) is 45.0 Å². The number of carbonyl (C=O) groups excluding carboxylic acids is 2. The molecule has 0 bridgehead atoms. The second kappa shape index (κ2) is 7.16. The normalized spacial score (nSPS) is 16.3. The fourth-order valence-electron chi connectivity index (χ4n) is 2.93. The molecule has 2 amide bonds. The molecule has 0 saturated carbocycles. The van der Waals surface area contributed by atoms with Crippen molar-refractivity contribution in [3.63, 3.8) is 0 Å². The van der Waals surface area contributed by atoms with Crippen molar-refractivity contribution in [3.8, 4) is 0 Å². The van der Waals surface area contributed by atoms with Gasteiger partial charge in [-0.3, -0.25) is 9.59 Å². The summed E-state index contributed by atoms with van der Waals surface area (Å²) in [4.78, 5) is 25.3. The first-order valence-corrected chi connectivity index (χ1v) is 8.40. The van der Waals surface area contributed by atoms with E-state index < -0.39 is 0 Å². The molecule has 126 valence electrons. The van der Waals surface area contributed by atoms with Crippen LogP contribution in [0.3, 0.4) is 0 Å². The zero-order chi connectivity index (χ0) is 17.0. The van der Waals surface area contributed by atoms with Gasteiger partial charge in [0.15, 0.2) is 0 Å². The van der Waals surface area contributed by atoms with E-state index in [1.165, 1.54) is 5.56 Å². The van der Waals surface area contributed by atoms with Crippen LogP contribution < -0.4 is 5.32 Å². The summed E-state index contributed by atoms with van der Waals surface area (Å²) in [6.45, 7) is 9.62. The van der Waals surface area contributed by atoms with E-state index in [1.807, 2.05) is 17.0 Å². The highest BCUT2D eigenvalue weighted by Gasteiger charge is 2.22. The van der Waals surface area contributed by atoms with Gasteiger partial charge in [0.1, 0.15) is 0 Å². The summed E-state index contributed by atoms with van der Waals surface area (Å²) in [6.07, 6.45) is 2.10. The van der Waals surface area contributed by atoms with Crippen molar-refractivity contribution in [1.29, 1.82) is 0 Å². The Balaban J connectivity index is 1.82. The molecule has 1 aromatic carbocycles. The minimum absolute atomic E-state index is 0.0646. The van der Waals surface area contributed by atoms with Gasteiger partial charge in [0.05, 0.1) is 6.42 Å². The van der Waals surface area contributed by atoms with Gasteiger partial charge in [-0.05, 0) is 29.4 Å². The van der Waals surface area contributed by atoms with Crippen LogP contribution in [0.5, 0.6) is 0 Å². The zero-order valence-corrected chi connectivity index (χ0v) is 14.7. The highest BCUT2D eigenvalue weighted by Crippen LogP contribution is 2.22. The maximum Gasteiger partial charge on any atom is 0.224 e. The average molecular weight is 316 g/mol. The lowest BCUT2D eigenvalue weighted by Gasteiger charge is -2.31. The molecule has 1 heterocycles. The van der Waals surface area contributed by atoms with Crippen molar-refractivity contribution in [2.45, 2.75) is 58.4 Å². The van der Waals surface area contributed by atoms with Crippen LogP contribution in [-0.2, 0) is 21.4 Å². The lowest BCUT2D eigenvalue weighted by molar-refractivity contribution is -0.130. The molecular formula is C19H28N2O2.